The predicted octanol–water partition coefficient (Wildman–Crippen LogP) is 1.14. The largest absolute Gasteiger partial charge is 0.337 e. The molecule has 0 aromatic heterocycles. The molecule has 19 heavy (non-hydrogen) atoms. The van der Waals surface area contributed by atoms with E-state index in [0.717, 1.165) is 31.8 Å². The molecule has 2 atom stereocenters. The van der Waals surface area contributed by atoms with Gasteiger partial charge in [0.1, 0.15) is 0 Å². The summed E-state index contributed by atoms with van der Waals surface area (Å²) in [6.45, 7) is 1.71. The molecule has 2 heterocycles. The average Bonchev–Trinajstić information content (AvgIpc) is 3.09. The Labute approximate surface area is 114 Å². The molecule has 0 radical (unpaired) electrons. The number of fused-ring (bicyclic) bond motifs is 1. The maximum atomic E-state index is 12.2. The van der Waals surface area contributed by atoms with E-state index < -0.39 is 0 Å². The molecule has 1 aliphatic carbocycles. The van der Waals surface area contributed by atoms with Gasteiger partial charge >= 0.3 is 6.03 Å². The summed E-state index contributed by atoms with van der Waals surface area (Å²) >= 11 is 0. The van der Waals surface area contributed by atoms with Gasteiger partial charge in [-0.3, -0.25) is 4.79 Å². The minimum atomic E-state index is 0.0909. The maximum Gasteiger partial charge on any atom is 0.319 e. The Morgan fingerprint density at radius 3 is 2.58 bits per heavy atom. The Morgan fingerprint density at radius 1 is 1.21 bits per heavy atom. The summed E-state index contributed by atoms with van der Waals surface area (Å²) in [6, 6.07) is 0.602. The van der Waals surface area contributed by atoms with Crippen LogP contribution in [0.5, 0.6) is 0 Å². The summed E-state index contributed by atoms with van der Waals surface area (Å²) in [5, 5.41) is 0. The smallest absolute Gasteiger partial charge is 0.319 e. The van der Waals surface area contributed by atoms with Crippen molar-refractivity contribution in [2.45, 2.75) is 44.2 Å². The number of likely N-dealkylation sites (tertiary alicyclic amines) is 2. The zero-order valence-corrected chi connectivity index (χ0v) is 11.8. The van der Waals surface area contributed by atoms with Gasteiger partial charge in [-0.1, -0.05) is 0 Å². The second-order valence-corrected chi connectivity index (χ2v) is 6.32. The predicted molar refractivity (Wildman–Crippen MR) is 71.7 cm³/mol. The number of hydrogen-bond donors (Lipinski definition) is 0. The van der Waals surface area contributed by atoms with Gasteiger partial charge in [0, 0.05) is 33.6 Å². The van der Waals surface area contributed by atoms with Crippen molar-refractivity contribution < 1.29 is 9.59 Å². The van der Waals surface area contributed by atoms with Crippen LogP contribution in [-0.2, 0) is 4.79 Å². The molecule has 0 spiro atoms. The number of amides is 3. The second kappa shape index (κ2) is 4.69. The molecule has 1 saturated carbocycles. The van der Waals surface area contributed by atoms with Gasteiger partial charge in [-0.05, 0) is 31.6 Å². The number of rotatable bonds is 2. The highest BCUT2D eigenvalue weighted by Crippen LogP contribution is 2.36. The highest BCUT2D eigenvalue weighted by molar-refractivity contribution is 5.79. The first-order valence-corrected chi connectivity index (χ1v) is 7.35. The lowest BCUT2D eigenvalue weighted by Crippen LogP contribution is -2.54. The molecule has 0 bridgehead atoms. The highest BCUT2D eigenvalue weighted by Gasteiger charge is 2.46. The standard InChI is InChI=1S/C14H23N3O2/c1-15(2)14(19)16-8-7-12-11(16)5-6-13(18)17(12)9-10-3-4-10/h10-12H,3-9H2,1-2H3/t11-,12-/m1/s1. The van der Waals surface area contributed by atoms with Gasteiger partial charge in [-0.2, -0.15) is 0 Å². The number of urea groups is 1. The zero-order valence-electron chi connectivity index (χ0n) is 11.8. The first kappa shape index (κ1) is 12.8. The molecule has 0 aromatic carbocycles. The van der Waals surface area contributed by atoms with Crippen molar-refractivity contribution in [2.24, 2.45) is 5.92 Å². The monoisotopic (exact) mass is 265 g/mol. The second-order valence-electron chi connectivity index (χ2n) is 6.32. The van der Waals surface area contributed by atoms with Gasteiger partial charge in [0.15, 0.2) is 0 Å². The number of piperidine rings is 1. The molecule has 3 rings (SSSR count). The molecular weight excluding hydrogens is 242 g/mol. The third-order valence-electron chi connectivity index (χ3n) is 4.66. The molecule has 2 aliphatic heterocycles. The highest BCUT2D eigenvalue weighted by atomic mass is 16.2. The van der Waals surface area contributed by atoms with Crippen LogP contribution in [0, 0.1) is 5.92 Å². The summed E-state index contributed by atoms with van der Waals surface area (Å²) in [6.07, 6.45) is 4.92. The van der Waals surface area contributed by atoms with Crippen molar-refractivity contribution in [3.05, 3.63) is 0 Å². The Kier molecular flexibility index (Phi) is 3.15. The van der Waals surface area contributed by atoms with Gasteiger partial charge < -0.3 is 14.7 Å². The molecule has 5 heteroatoms. The summed E-state index contributed by atoms with van der Waals surface area (Å²) in [4.78, 5) is 30.0. The lowest BCUT2D eigenvalue weighted by Gasteiger charge is -2.40. The molecule has 2 saturated heterocycles. The minimum Gasteiger partial charge on any atom is -0.337 e. The van der Waals surface area contributed by atoms with Crippen LogP contribution >= 0.6 is 0 Å². The van der Waals surface area contributed by atoms with Gasteiger partial charge in [0.25, 0.3) is 0 Å². The summed E-state index contributed by atoms with van der Waals surface area (Å²) in [5.41, 5.74) is 0. The van der Waals surface area contributed by atoms with Crippen LogP contribution in [0.2, 0.25) is 0 Å². The summed E-state index contributed by atoms with van der Waals surface area (Å²) < 4.78 is 0. The van der Waals surface area contributed by atoms with E-state index in [9.17, 15) is 9.59 Å². The summed E-state index contributed by atoms with van der Waals surface area (Å²) in [5.74, 6) is 1.02. The maximum absolute atomic E-state index is 12.2. The normalized spacial score (nSPS) is 30.5. The topological polar surface area (TPSA) is 43.9 Å². The van der Waals surface area contributed by atoms with E-state index in [1.54, 1.807) is 19.0 Å². The Bertz CT molecular complexity index is 392. The van der Waals surface area contributed by atoms with Gasteiger partial charge in [-0.15, -0.1) is 0 Å². The average molecular weight is 265 g/mol. The van der Waals surface area contributed by atoms with Crippen molar-refractivity contribution in [2.75, 3.05) is 27.2 Å². The molecule has 106 valence electrons. The van der Waals surface area contributed by atoms with Crippen LogP contribution in [0.3, 0.4) is 0 Å². The molecule has 0 N–H and O–H groups in total. The Balaban J connectivity index is 1.73. The SMILES string of the molecule is CN(C)C(=O)N1CC[C@@H]2[C@H]1CCC(=O)N2CC1CC1. The van der Waals surface area contributed by atoms with E-state index in [0.29, 0.717) is 12.3 Å². The number of carbonyl (C=O) groups is 2. The third-order valence-corrected chi connectivity index (χ3v) is 4.66. The van der Waals surface area contributed by atoms with E-state index in [4.69, 9.17) is 0 Å². The molecule has 0 unspecified atom stereocenters. The van der Waals surface area contributed by atoms with Crippen molar-refractivity contribution in [3.63, 3.8) is 0 Å². The van der Waals surface area contributed by atoms with Gasteiger partial charge in [0.05, 0.1) is 12.1 Å². The van der Waals surface area contributed by atoms with Gasteiger partial charge in [0.2, 0.25) is 5.91 Å². The number of nitrogens with zero attached hydrogens (tertiary/aromatic N) is 3. The van der Waals surface area contributed by atoms with Crippen molar-refractivity contribution >= 4 is 11.9 Å². The zero-order chi connectivity index (χ0) is 13.6. The van der Waals surface area contributed by atoms with Crippen LogP contribution in [0.15, 0.2) is 0 Å². The fourth-order valence-corrected chi connectivity index (χ4v) is 3.46. The first-order chi connectivity index (χ1) is 9.08. The van der Waals surface area contributed by atoms with E-state index in [1.165, 1.54) is 12.8 Å². The molecule has 0 aromatic rings. The summed E-state index contributed by atoms with van der Waals surface area (Å²) in [7, 11) is 3.59. The van der Waals surface area contributed by atoms with Gasteiger partial charge in [-0.25, -0.2) is 4.79 Å². The molecule has 3 aliphatic rings. The molecule has 5 nitrogen and oxygen atoms in total. The first-order valence-electron chi connectivity index (χ1n) is 7.35. The van der Waals surface area contributed by atoms with Crippen LogP contribution < -0.4 is 0 Å². The third kappa shape index (κ3) is 2.30. The quantitative estimate of drug-likeness (QED) is 0.751. The number of hydrogen-bond acceptors (Lipinski definition) is 2. The van der Waals surface area contributed by atoms with E-state index >= 15 is 0 Å². The van der Waals surface area contributed by atoms with Crippen LogP contribution in [0.4, 0.5) is 4.79 Å². The van der Waals surface area contributed by atoms with E-state index in [-0.39, 0.29) is 18.1 Å². The van der Waals surface area contributed by atoms with Crippen LogP contribution in [-0.4, -0.2) is 65.9 Å². The number of carbonyl (C=O) groups excluding carboxylic acids is 2. The van der Waals surface area contributed by atoms with Crippen molar-refractivity contribution in [1.29, 1.82) is 0 Å². The molecule has 3 fully saturated rings. The van der Waals surface area contributed by atoms with Crippen LogP contribution in [0.25, 0.3) is 0 Å². The van der Waals surface area contributed by atoms with Crippen molar-refractivity contribution in [3.8, 4) is 0 Å². The Morgan fingerprint density at radius 2 is 1.95 bits per heavy atom. The van der Waals surface area contributed by atoms with E-state index in [2.05, 4.69) is 4.90 Å². The van der Waals surface area contributed by atoms with Crippen molar-refractivity contribution in [1.82, 2.24) is 14.7 Å². The lowest BCUT2D eigenvalue weighted by molar-refractivity contribution is -0.137. The van der Waals surface area contributed by atoms with Crippen LogP contribution in [0.1, 0.15) is 32.1 Å². The lowest BCUT2D eigenvalue weighted by atomic mass is 9.96. The molecule has 3 amide bonds. The fourth-order valence-electron chi connectivity index (χ4n) is 3.46. The van der Waals surface area contributed by atoms with E-state index in [1.807, 2.05) is 4.90 Å². The minimum absolute atomic E-state index is 0.0909. The fraction of sp³-hybridized carbons (Fsp3) is 0.857. The molecular formula is C14H23N3O2. The Hall–Kier alpha value is -1.26.